The number of primary amides is 1. The predicted octanol–water partition coefficient (Wildman–Crippen LogP) is 0.265. The van der Waals surface area contributed by atoms with Crippen molar-refractivity contribution >= 4 is 17.7 Å². The van der Waals surface area contributed by atoms with Crippen molar-refractivity contribution in [3.63, 3.8) is 0 Å². The Morgan fingerprint density at radius 3 is 2.75 bits per heavy atom. The van der Waals surface area contributed by atoms with E-state index in [1.165, 1.54) is 12.4 Å². The minimum Gasteiger partial charge on any atom is -0.480 e. The third-order valence-corrected chi connectivity index (χ3v) is 4.33. The lowest BCUT2D eigenvalue weighted by Crippen LogP contribution is -2.41. The van der Waals surface area contributed by atoms with E-state index in [0.717, 1.165) is 19.3 Å². The third-order valence-electron chi connectivity index (χ3n) is 4.33. The van der Waals surface area contributed by atoms with Crippen LogP contribution in [0.2, 0.25) is 0 Å². The van der Waals surface area contributed by atoms with Gasteiger partial charge in [0.25, 0.3) is 5.91 Å². The van der Waals surface area contributed by atoms with E-state index in [1.807, 2.05) is 0 Å². The van der Waals surface area contributed by atoms with E-state index in [4.69, 9.17) is 5.73 Å². The van der Waals surface area contributed by atoms with Crippen molar-refractivity contribution < 1.29 is 14.7 Å². The first kappa shape index (κ1) is 12.8. The number of aliphatic carboxylic acids is 1. The molecule has 0 aromatic carbocycles. The van der Waals surface area contributed by atoms with Crippen molar-refractivity contribution in [1.29, 1.82) is 0 Å². The molecule has 3 unspecified atom stereocenters. The Labute approximate surface area is 115 Å². The largest absolute Gasteiger partial charge is 0.480 e. The first-order valence-corrected chi connectivity index (χ1v) is 6.70. The van der Waals surface area contributed by atoms with E-state index in [9.17, 15) is 14.7 Å². The summed E-state index contributed by atoms with van der Waals surface area (Å²) in [5.41, 5.74) is 5.34. The van der Waals surface area contributed by atoms with Crippen LogP contribution in [-0.4, -0.2) is 39.5 Å². The molecule has 3 rings (SSSR count). The molecule has 7 heteroatoms. The zero-order valence-electron chi connectivity index (χ0n) is 10.9. The van der Waals surface area contributed by atoms with Crippen molar-refractivity contribution in [2.75, 3.05) is 11.4 Å². The number of nitrogens with zero attached hydrogens (tertiary/aromatic N) is 3. The van der Waals surface area contributed by atoms with Crippen LogP contribution in [0.1, 0.15) is 29.8 Å². The Morgan fingerprint density at radius 2 is 2.05 bits per heavy atom. The molecule has 2 heterocycles. The third kappa shape index (κ3) is 1.90. The van der Waals surface area contributed by atoms with Crippen LogP contribution in [0.3, 0.4) is 0 Å². The van der Waals surface area contributed by atoms with E-state index < -0.39 is 17.9 Å². The maximum absolute atomic E-state index is 11.6. The number of fused-ring (bicyclic) bond motifs is 1. The van der Waals surface area contributed by atoms with E-state index in [-0.39, 0.29) is 11.6 Å². The molecular weight excluding hydrogens is 260 g/mol. The summed E-state index contributed by atoms with van der Waals surface area (Å²) in [6.07, 6.45) is 5.84. The highest BCUT2D eigenvalue weighted by molar-refractivity contribution is 5.96. The standard InChI is InChI=1S/C13H16N4O3/c14-11(18)9-12(16-5-4-15-9)17-6-7-2-1-3-8(7)10(17)13(19)20/h4-5,7-8,10H,1-3,6H2,(H2,14,18)(H,19,20). The number of amides is 1. The van der Waals surface area contributed by atoms with E-state index >= 15 is 0 Å². The summed E-state index contributed by atoms with van der Waals surface area (Å²) in [6.45, 7) is 0.598. The van der Waals surface area contributed by atoms with Gasteiger partial charge in [0.2, 0.25) is 0 Å². The van der Waals surface area contributed by atoms with Crippen LogP contribution in [0.15, 0.2) is 12.4 Å². The summed E-state index contributed by atoms with van der Waals surface area (Å²) in [5, 5.41) is 9.52. The van der Waals surface area contributed by atoms with E-state index in [2.05, 4.69) is 9.97 Å². The van der Waals surface area contributed by atoms with Gasteiger partial charge in [0.05, 0.1) is 0 Å². The number of carbonyl (C=O) groups is 2. The zero-order valence-corrected chi connectivity index (χ0v) is 10.9. The highest BCUT2D eigenvalue weighted by Crippen LogP contribution is 2.43. The van der Waals surface area contributed by atoms with Crippen molar-refractivity contribution in [3.05, 3.63) is 18.1 Å². The van der Waals surface area contributed by atoms with Gasteiger partial charge in [-0.3, -0.25) is 4.79 Å². The van der Waals surface area contributed by atoms with Gasteiger partial charge < -0.3 is 15.7 Å². The molecule has 106 valence electrons. The first-order valence-electron chi connectivity index (χ1n) is 6.70. The van der Waals surface area contributed by atoms with Gasteiger partial charge in [-0.1, -0.05) is 6.42 Å². The SMILES string of the molecule is NC(=O)c1nccnc1N1CC2CCCC2C1C(=O)O. The fourth-order valence-corrected chi connectivity index (χ4v) is 3.55. The summed E-state index contributed by atoms with van der Waals surface area (Å²) in [4.78, 5) is 32.8. The highest BCUT2D eigenvalue weighted by Gasteiger charge is 2.49. The van der Waals surface area contributed by atoms with Gasteiger partial charge in [-0.05, 0) is 24.7 Å². The Hall–Kier alpha value is -2.18. The average Bonchev–Trinajstić information content (AvgIpc) is 2.97. The highest BCUT2D eigenvalue weighted by atomic mass is 16.4. The van der Waals surface area contributed by atoms with Crippen molar-refractivity contribution in [3.8, 4) is 0 Å². The van der Waals surface area contributed by atoms with Crippen LogP contribution in [0.4, 0.5) is 5.82 Å². The number of rotatable bonds is 3. The maximum atomic E-state index is 11.6. The number of aromatic nitrogens is 2. The normalized spacial score (nSPS) is 28.4. The average molecular weight is 276 g/mol. The van der Waals surface area contributed by atoms with Crippen LogP contribution in [0.5, 0.6) is 0 Å². The van der Waals surface area contributed by atoms with E-state index in [1.54, 1.807) is 4.90 Å². The molecular formula is C13H16N4O3. The number of hydrogen-bond donors (Lipinski definition) is 2. The maximum Gasteiger partial charge on any atom is 0.326 e. The van der Waals surface area contributed by atoms with Crippen LogP contribution in [-0.2, 0) is 4.79 Å². The number of carboxylic acids is 1. The second kappa shape index (κ2) is 4.73. The molecule has 7 nitrogen and oxygen atoms in total. The number of carbonyl (C=O) groups excluding carboxylic acids is 1. The smallest absolute Gasteiger partial charge is 0.326 e. The molecule has 0 bridgehead atoms. The minimum atomic E-state index is -0.875. The Morgan fingerprint density at radius 1 is 1.30 bits per heavy atom. The summed E-state index contributed by atoms with van der Waals surface area (Å²) in [7, 11) is 0. The zero-order chi connectivity index (χ0) is 14.3. The molecule has 1 amide bonds. The van der Waals surface area contributed by atoms with Crippen LogP contribution >= 0.6 is 0 Å². The Bertz CT molecular complexity index is 562. The fraction of sp³-hybridized carbons (Fsp3) is 0.538. The quantitative estimate of drug-likeness (QED) is 0.819. The fourth-order valence-electron chi connectivity index (χ4n) is 3.55. The summed E-state index contributed by atoms with van der Waals surface area (Å²) < 4.78 is 0. The van der Waals surface area contributed by atoms with Gasteiger partial charge in [0.15, 0.2) is 11.5 Å². The number of hydrogen-bond acceptors (Lipinski definition) is 5. The molecule has 3 atom stereocenters. The van der Waals surface area contributed by atoms with Gasteiger partial charge >= 0.3 is 5.97 Å². The molecule has 1 saturated carbocycles. The van der Waals surface area contributed by atoms with Crippen LogP contribution < -0.4 is 10.6 Å². The molecule has 3 N–H and O–H groups in total. The molecule has 1 aliphatic heterocycles. The first-order chi connectivity index (χ1) is 9.59. The summed E-state index contributed by atoms with van der Waals surface area (Å²) >= 11 is 0. The second-order valence-corrected chi connectivity index (χ2v) is 5.38. The van der Waals surface area contributed by atoms with Crippen molar-refractivity contribution in [1.82, 2.24) is 9.97 Å². The molecule has 20 heavy (non-hydrogen) atoms. The van der Waals surface area contributed by atoms with E-state index in [0.29, 0.717) is 18.3 Å². The Kier molecular flexibility index (Phi) is 3.04. The molecule has 1 aromatic rings. The molecule has 0 spiro atoms. The molecule has 1 aromatic heterocycles. The molecule has 1 saturated heterocycles. The van der Waals surface area contributed by atoms with Crippen LogP contribution in [0.25, 0.3) is 0 Å². The summed E-state index contributed by atoms with van der Waals surface area (Å²) in [6, 6.07) is -0.641. The summed E-state index contributed by atoms with van der Waals surface area (Å²) in [5.74, 6) is -0.800. The molecule has 2 aliphatic rings. The molecule has 1 aliphatic carbocycles. The number of nitrogens with two attached hydrogens (primary N) is 1. The number of anilines is 1. The molecule has 2 fully saturated rings. The van der Waals surface area contributed by atoms with Gasteiger partial charge in [-0.2, -0.15) is 0 Å². The molecule has 0 radical (unpaired) electrons. The van der Waals surface area contributed by atoms with Gasteiger partial charge in [-0.15, -0.1) is 0 Å². The minimum absolute atomic E-state index is 0.0405. The van der Waals surface area contributed by atoms with Gasteiger partial charge in [0, 0.05) is 18.9 Å². The second-order valence-electron chi connectivity index (χ2n) is 5.38. The number of carboxylic acid groups (broad SMARTS) is 1. The predicted molar refractivity (Wildman–Crippen MR) is 70.2 cm³/mol. The Balaban J connectivity index is 2.01. The lowest BCUT2D eigenvalue weighted by molar-refractivity contribution is -0.139. The van der Waals surface area contributed by atoms with Crippen molar-refractivity contribution in [2.24, 2.45) is 17.6 Å². The van der Waals surface area contributed by atoms with Gasteiger partial charge in [0.1, 0.15) is 6.04 Å². The van der Waals surface area contributed by atoms with Gasteiger partial charge in [-0.25, -0.2) is 14.8 Å². The lowest BCUT2D eigenvalue weighted by atomic mass is 9.94. The topological polar surface area (TPSA) is 109 Å². The lowest BCUT2D eigenvalue weighted by Gasteiger charge is -2.26. The monoisotopic (exact) mass is 276 g/mol. The van der Waals surface area contributed by atoms with Crippen molar-refractivity contribution in [2.45, 2.75) is 25.3 Å². The van der Waals surface area contributed by atoms with Crippen LogP contribution in [0, 0.1) is 11.8 Å².